The molecule has 100 valence electrons. The van der Waals surface area contributed by atoms with Crippen molar-refractivity contribution in [3.8, 4) is 11.4 Å². The molecule has 0 fully saturated rings. The first kappa shape index (κ1) is 13.2. The van der Waals surface area contributed by atoms with Crippen LogP contribution in [0.1, 0.15) is 26.3 Å². The lowest BCUT2D eigenvalue weighted by molar-refractivity contribution is -0.384. The summed E-state index contributed by atoms with van der Waals surface area (Å²) in [5, 5.41) is 18.8. The topological polar surface area (TPSA) is 73.8 Å². The minimum atomic E-state index is -0.398. The van der Waals surface area contributed by atoms with E-state index in [0.29, 0.717) is 0 Å². The molecular formula is C13H16N4O2. The largest absolute Gasteiger partial charge is 0.308 e. The van der Waals surface area contributed by atoms with Crippen LogP contribution in [0.5, 0.6) is 0 Å². The highest BCUT2D eigenvalue weighted by Gasteiger charge is 2.20. The van der Waals surface area contributed by atoms with Crippen molar-refractivity contribution in [2.24, 2.45) is 0 Å². The zero-order valence-electron chi connectivity index (χ0n) is 11.4. The maximum atomic E-state index is 10.7. The highest BCUT2D eigenvalue weighted by atomic mass is 16.6. The Hall–Kier alpha value is -2.24. The number of aromatic nitrogens is 3. The molecule has 0 spiro atoms. The predicted molar refractivity (Wildman–Crippen MR) is 71.8 cm³/mol. The molecular weight excluding hydrogens is 244 g/mol. The third kappa shape index (κ3) is 2.47. The molecule has 0 radical (unpaired) electrons. The molecule has 2 rings (SSSR count). The highest BCUT2D eigenvalue weighted by molar-refractivity contribution is 5.62. The Morgan fingerprint density at radius 2 is 2.00 bits per heavy atom. The number of nitro benzene ring substituents is 1. The molecule has 1 heterocycles. The van der Waals surface area contributed by atoms with Gasteiger partial charge in [-0.2, -0.15) is 0 Å². The molecule has 0 unspecified atom stereocenters. The Morgan fingerprint density at radius 3 is 2.53 bits per heavy atom. The van der Waals surface area contributed by atoms with Crippen LogP contribution in [-0.2, 0) is 5.54 Å². The zero-order chi connectivity index (χ0) is 14.2. The molecule has 0 saturated heterocycles. The van der Waals surface area contributed by atoms with E-state index in [1.54, 1.807) is 18.5 Å². The fourth-order valence-corrected chi connectivity index (χ4v) is 1.92. The Kier molecular flexibility index (Phi) is 3.09. The van der Waals surface area contributed by atoms with Gasteiger partial charge in [-0.1, -0.05) is 0 Å². The van der Waals surface area contributed by atoms with Crippen molar-refractivity contribution >= 4 is 5.69 Å². The van der Waals surface area contributed by atoms with Crippen molar-refractivity contribution < 1.29 is 4.92 Å². The molecule has 6 nitrogen and oxygen atoms in total. The minimum Gasteiger partial charge on any atom is -0.308 e. The number of benzene rings is 1. The van der Waals surface area contributed by atoms with Crippen LogP contribution in [0.2, 0.25) is 0 Å². The maximum absolute atomic E-state index is 10.7. The average molecular weight is 260 g/mol. The van der Waals surface area contributed by atoms with Crippen LogP contribution < -0.4 is 0 Å². The number of aryl methyl sites for hydroxylation is 1. The van der Waals surface area contributed by atoms with Gasteiger partial charge < -0.3 is 4.57 Å². The van der Waals surface area contributed by atoms with E-state index >= 15 is 0 Å². The first-order valence-electron chi connectivity index (χ1n) is 5.96. The summed E-state index contributed by atoms with van der Waals surface area (Å²) in [6.07, 6.45) is 1.68. The molecule has 1 aromatic heterocycles. The molecule has 2 aromatic rings. The second-order valence-corrected chi connectivity index (χ2v) is 5.45. The van der Waals surface area contributed by atoms with E-state index in [4.69, 9.17) is 0 Å². The number of hydrogen-bond donors (Lipinski definition) is 0. The standard InChI is InChI=1S/C13H16N4O2/c1-9-7-10(17(18)19)5-6-11(9)12-15-14-8-16(12)13(2,3)4/h5-8H,1-4H3. The van der Waals surface area contributed by atoms with Crippen LogP contribution in [0.15, 0.2) is 24.5 Å². The predicted octanol–water partition coefficient (Wildman–Crippen LogP) is 2.92. The lowest BCUT2D eigenvalue weighted by Gasteiger charge is -2.22. The van der Waals surface area contributed by atoms with Gasteiger partial charge >= 0.3 is 0 Å². The molecule has 6 heteroatoms. The second kappa shape index (κ2) is 4.46. The van der Waals surface area contributed by atoms with Gasteiger partial charge in [0, 0.05) is 23.2 Å². The summed E-state index contributed by atoms with van der Waals surface area (Å²) in [5.41, 5.74) is 1.61. The van der Waals surface area contributed by atoms with E-state index in [9.17, 15) is 10.1 Å². The Labute approximate surface area is 111 Å². The van der Waals surface area contributed by atoms with E-state index in [-0.39, 0.29) is 11.2 Å². The van der Waals surface area contributed by atoms with Crippen LogP contribution in [0.25, 0.3) is 11.4 Å². The maximum Gasteiger partial charge on any atom is 0.269 e. The SMILES string of the molecule is Cc1cc([N+](=O)[O-])ccc1-c1nncn1C(C)(C)C. The van der Waals surface area contributed by atoms with Crippen LogP contribution >= 0.6 is 0 Å². The molecule has 0 atom stereocenters. The van der Waals surface area contributed by atoms with Gasteiger partial charge in [0.25, 0.3) is 5.69 Å². The third-order valence-electron chi connectivity index (χ3n) is 2.93. The van der Waals surface area contributed by atoms with Gasteiger partial charge in [0.2, 0.25) is 0 Å². The minimum absolute atomic E-state index is 0.0862. The van der Waals surface area contributed by atoms with Gasteiger partial charge in [-0.05, 0) is 39.3 Å². The van der Waals surface area contributed by atoms with Gasteiger partial charge in [0.1, 0.15) is 6.33 Å². The smallest absolute Gasteiger partial charge is 0.269 e. The summed E-state index contributed by atoms with van der Waals surface area (Å²) in [5.74, 6) is 0.722. The quantitative estimate of drug-likeness (QED) is 0.614. The summed E-state index contributed by atoms with van der Waals surface area (Å²) < 4.78 is 1.96. The molecule has 0 amide bonds. The van der Waals surface area contributed by atoms with E-state index in [1.165, 1.54) is 6.07 Å². The molecule has 1 aromatic carbocycles. The summed E-state index contributed by atoms with van der Waals surface area (Å²) in [6, 6.07) is 4.76. The third-order valence-corrected chi connectivity index (χ3v) is 2.93. The zero-order valence-corrected chi connectivity index (χ0v) is 11.4. The molecule has 0 saturated carbocycles. The summed E-state index contributed by atoms with van der Waals surface area (Å²) in [4.78, 5) is 10.4. The fourth-order valence-electron chi connectivity index (χ4n) is 1.92. The lowest BCUT2D eigenvalue weighted by Crippen LogP contribution is -2.22. The van der Waals surface area contributed by atoms with Crippen molar-refractivity contribution in [1.82, 2.24) is 14.8 Å². The van der Waals surface area contributed by atoms with E-state index in [1.807, 2.05) is 11.5 Å². The number of rotatable bonds is 2. The molecule has 19 heavy (non-hydrogen) atoms. The van der Waals surface area contributed by atoms with Crippen molar-refractivity contribution in [3.63, 3.8) is 0 Å². The summed E-state index contributed by atoms with van der Waals surface area (Å²) >= 11 is 0. The highest BCUT2D eigenvalue weighted by Crippen LogP contribution is 2.28. The molecule has 0 bridgehead atoms. The van der Waals surface area contributed by atoms with Crippen LogP contribution in [0.3, 0.4) is 0 Å². The van der Waals surface area contributed by atoms with Gasteiger partial charge in [-0.25, -0.2) is 0 Å². The fraction of sp³-hybridized carbons (Fsp3) is 0.385. The van der Waals surface area contributed by atoms with Gasteiger partial charge in [0.05, 0.1) is 4.92 Å². The summed E-state index contributed by atoms with van der Waals surface area (Å²) in [6.45, 7) is 8.01. The molecule has 0 aliphatic heterocycles. The van der Waals surface area contributed by atoms with Gasteiger partial charge in [-0.15, -0.1) is 10.2 Å². The van der Waals surface area contributed by atoms with E-state index in [0.717, 1.165) is 17.0 Å². The molecule has 0 N–H and O–H groups in total. The summed E-state index contributed by atoms with van der Waals surface area (Å²) in [7, 11) is 0. The van der Waals surface area contributed by atoms with Crippen LogP contribution in [-0.4, -0.2) is 19.7 Å². The molecule has 0 aliphatic rings. The first-order valence-corrected chi connectivity index (χ1v) is 5.96. The van der Waals surface area contributed by atoms with Crippen molar-refractivity contribution in [2.45, 2.75) is 33.2 Å². The van der Waals surface area contributed by atoms with Crippen molar-refractivity contribution in [3.05, 3.63) is 40.2 Å². The van der Waals surface area contributed by atoms with Gasteiger partial charge in [0.15, 0.2) is 5.82 Å². The van der Waals surface area contributed by atoms with E-state index < -0.39 is 4.92 Å². The average Bonchev–Trinajstić information content (AvgIpc) is 2.77. The normalized spacial score (nSPS) is 11.6. The Balaban J connectivity index is 2.55. The Bertz CT molecular complexity index is 626. The van der Waals surface area contributed by atoms with Crippen LogP contribution in [0.4, 0.5) is 5.69 Å². The second-order valence-electron chi connectivity index (χ2n) is 5.45. The monoisotopic (exact) mass is 260 g/mol. The number of nitrogens with zero attached hydrogens (tertiary/aromatic N) is 4. The lowest BCUT2D eigenvalue weighted by atomic mass is 10.0. The van der Waals surface area contributed by atoms with Crippen molar-refractivity contribution in [1.29, 1.82) is 0 Å². The molecule has 0 aliphatic carbocycles. The number of hydrogen-bond acceptors (Lipinski definition) is 4. The number of non-ortho nitro benzene ring substituents is 1. The van der Waals surface area contributed by atoms with Crippen LogP contribution in [0, 0.1) is 17.0 Å². The number of nitro groups is 1. The van der Waals surface area contributed by atoms with E-state index in [2.05, 4.69) is 31.0 Å². The first-order chi connectivity index (χ1) is 8.80. The van der Waals surface area contributed by atoms with Crippen molar-refractivity contribution in [2.75, 3.05) is 0 Å². The Morgan fingerprint density at radius 1 is 1.32 bits per heavy atom. The van der Waals surface area contributed by atoms with Gasteiger partial charge in [-0.3, -0.25) is 10.1 Å².